The fraction of sp³-hybridized carbons (Fsp3) is 0.278. The van der Waals surface area contributed by atoms with E-state index < -0.39 is 29.6 Å². The van der Waals surface area contributed by atoms with Crippen molar-refractivity contribution < 1.29 is 69.7 Å². The van der Waals surface area contributed by atoms with Gasteiger partial charge in [0.2, 0.25) is 5.91 Å². The van der Waals surface area contributed by atoms with Gasteiger partial charge < -0.3 is 15.4 Å². The summed E-state index contributed by atoms with van der Waals surface area (Å²) in [7, 11) is 1.37. The minimum absolute atomic E-state index is 0. The molecule has 0 saturated carbocycles. The normalized spacial score (nSPS) is 12.8. The Morgan fingerprint density at radius 3 is 2.42 bits per heavy atom. The minimum Gasteiger partial charge on any atom is -0.759 e. The number of nitrogens with one attached hydrogen (secondary N) is 1. The Hall–Kier alpha value is -0.384. The molecule has 26 heavy (non-hydrogen) atoms. The molecule has 0 spiro atoms. The maximum absolute atomic E-state index is 14.3. The van der Waals surface area contributed by atoms with E-state index in [1.807, 2.05) is 0 Å². The summed E-state index contributed by atoms with van der Waals surface area (Å²) in [5, 5.41) is 11.1. The Labute approximate surface area is 198 Å². The maximum Gasteiger partial charge on any atom is 1.00 e. The molecule has 4 nitrogen and oxygen atoms in total. The second kappa shape index (κ2) is 11.5. The molecular formula is C18H17ClF2KNO3. The van der Waals surface area contributed by atoms with E-state index in [0.29, 0.717) is 11.4 Å². The molecule has 0 heterocycles. The van der Waals surface area contributed by atoms with Crippen LogP contribution in [0.15, 0.2) is 42.5 Å². The van der Waals surface area contributed by atoms with E-state index in [9.17, 15) is 18.8 Å². The largest absolute Gasteiger partial charge is 1.00 e. The van der Waals surface area contributed by atoms with E-state index in [0.717, 1.165) is 17.7 Å². The van der Waals surface area contributed by atoms with Gasteiger partial charge in [-0.15, -0.1) is 0 Å². The van der Waals surface area contributed by atoms with Gasteiger partial charge in [0.25, 0.3) is 0 Å². The average Bonchev–Trinajstić information content (AvgIpc) is 2.60. The van der Waals surface area contributed by atoms with Crippen molar-refractivity contribution in [1.29, 1.82) is 0 Å². The third-order valence-electron chi connectivity index (χ3n) is 3.98. The van der Waals surface area contributed by atoms with Gasteiger partial charge >= 0.3 is 51.4 Å². The van der Waals surface area contributed by atoms with Gasteiger partial charge in [0.1, 0.15) is 11.6 Å². The van der Waals surface area contributed by atoms with E-state index >= 15 is 0 Å². The van der Waals surface area contributed by atoms with Crippen molar-refractivity contribution in [3.63, 3.8) is 0 Å². The molecule has 0 radical (unpaired) electrons. The molecule has 0 saturated heterocycles. The van der Waals surface area contributed by atoms with Crippen molar-refractivity contribution in [2.45, 2.75) is 24.9 Å². The van der Waals surface area contributed by atoms with Crippen LogP contribution >= 0.6 is 11.6 Å². The molecule has 2 aromatic carbocycles. The number of carbonyl (C=O) groups excluding carboxylic acids is 1. The first-order valence-electron chi connectivity index (χ1n) is 7.57. The number of carbonyl (C=O) groups is 1. The number of hydrogen-bond donors (Lipinski definition) is 1. The first-order chi connectivity index (χ1) is 11.9. The molecule has 1 amide bonds. The van der Waals surface area contributed by atoms with Crippen molar-refractivity contribution in [3.05, 3.63) is 75.5 Å². The fourth-order valence-corrected chi connectivity index (χ4v) is 2.86. The Kier molecular flexibility index (Phi) is 10.4. The van der Waals surface area contributed by atoms with Gasteiger partial charge in [-0.2, -0.15) is 0 Å². The van der Waals surface area contributed by atoms with E-state index in [2.05, 4.69) is 0 Å². The molecule has 2 atom stereocenters. The number of ether oxygens (including phenoxy) is 1. The standard InChI is InChI=1S/C18H17ClF2NO3.K/c1-25-17(10-18(23)22-24)15(8-11-2-4-12(19)5-3-11)14-7-6-13(20)9-16(14)21;/h2-7,9,15,17H,8,10H2,1H3,(H-,22,23,24);/q-1;+1/t15-,17-;/m1./s1. The quantitative estimate of drug-likeness (QED) is 0.549. The van der Waals surface area contributed by atoms with Crippen LogP contribution in [0.1, 0.15) is 23.5 Å². The molecule has 0 fully saturated rings. The first kappa shape index (κ1) is 23.7. The van der Waals surface area contributed by atoms with Crippen LogP contribution in [0.5, 0.6) is 0 Å². The summed E-state index contributed by atoms with van der Waals surface area (Å²) in [5.74, 6) is -2.79. The maximum atomic E-state index is 14.3. The summed E-state index contributed by atoms with van der Waals surface area (Å²) in [6.07, 6.45) is -0.677. The number of benzene rings is 2. The van der Waals surface area contributed by atoms with Crippen LogP contribution in [-0.2, 0) is 16.0 Å². The Balaban J connectivity index is 0.00000338. The third kappa shape index (κ3) is 6.65. The molecule has 8 heteroatoms. The summed E-state index contributed by atoms with van der Waals surface area (Å²) >= 11 is 5.87. The van der Waals surface area contributed by atoms with Crippen molar-refractivity contribution in [3.8, 4) is 0 Å². The first-order valence-corrected chi connectivity index (χ1v) is 7.95. The Bertz CT molecular complexity index is 731. The van der Waals surface area contributed by atoms with Crippen LogP contribution in [0.3, 0.4) is 0 Å². The zero-order chi connectivity index (χ0) is 18.4. The number of rotatable bonds is 7. The molecule has 0 unspecified atom stereocenters. The van der Waals surface area contributed by atoms with Crippen molar-refractivity contribution in [1.82, 2.24) is 5.48 Å². The number of hydrogen-bond acceptors (Lipinski definition) is 3. The Morgan fingerprint density at radius 2 is 1.88 bits per heavy atom. The molecule has 0 bridgehead atoms. The van der Waals surface area contributed by atoms with E-state index in [4.69, 9.17) is 16.3 Å². The SMILES string of the molecule is CO[C@H](CC(=O)N[O-])[C@H](Cc1ccc(Cl)cc1)c1ccc(F)cc1F.[K+]. The smallest absolute Gasteiger partial charge is 0.759 e. The van der Waals surface area contributed by atoms with E-state index in [1.165, 1.54) is 18.7 Å². The van der Waals surface area contributed by atoms with Gasteiger partial charge in [0, 0.05) is 24.1 Å². The zero-order valence-corrected chi connectivity index (χ0v) is 18.3. The van der Waals surface area contributed by atoms with Gasteiger partial charge in [0.15, 0.2) is 0 Å². The predicted molar refractivity (Wildman–Crippen MR) is 91.2 cm³/mol. The van der Waals surface area contributed by atoms with Gasteiger partial charge in [-0.25, -0.2) is 8.78 Å². The van der Waals surface area contributed by atoms with Crippen LogP contribution in [0, 0.1) is 16.8 Å². The third-order valence-corrected chi connectivity index (χ3v) is 4.23. The predicted octanol–water partition coefficient (Wildman–Crippen LogP) is 0.968. The van der Waals surface area contributed by atoms with Gasteiger partial charge in [-0.05, 0) is 35.7 Å². The van der Waals surface area contributed by atoms with E-state index in [-0.39, 0.29) is 63.4 Å². The average molecular weight is 408 g/mol. The van der Waals surface area contributed by atoms with Crippen LogP contribution in [0.25, 0.3) is 0 Å². The summed E-state index contributed by atoms with van der Waals surface area (Å²) in [6.45, 7) is 0. The molecule has 2 aromatic rings. The zero-order valence-electron chi connectivity index (χ0n) is 14.5. The molecule has 1 N–H and O–H groups in total. The van der Waals surface area contributed by atoms with Crippen LogP contribution < -0.4 is 56.9 Å². The molecule has 0 aliphatic rings. The van der Waals surface area contributed by atoms with Crippen molar-refractivity contribution in [2.75, 3.05) is 7.11 Å². The number of amides is 1. The van der Waals surface area contributed by atoms with Crippen LogP contribution in [0.2, 0.25) is 5.02 Å². The number of halogens is 3. The monoisotopic (exact) mass is 407 g/mol. The summed E-state index contributed by atoms with van der Waals surface area (Å²) in [5.41, 5.74) is 2.34. The Morgan fingerprint density at radius 1 is 1.23 bits per heavy atom. The second-order valence-corrected chi connectivity index (χ2v) is 6.04. The second-order valence-electron chi connectivity index (χ2n) is 5.61. The van der Waals surface area contributed by atoms with E-state index in [1.54, 1.807) is 24.3 Å². The summed E-state index contributed by atoms with van der Waals surface area (Å²) in [6, 6.07) is 10.2. The van der Waals surface area contributed by atoms with Gasteiger partial charge in [-0.1, -0.05) is 29.8 Å². The van der Waals surface area contributed by atoms with Crippen LogP contribution in [-0.4, -0.2) is 19.1 Å². The summed E-state index contributed by atoms with van der Waals surface area (Å²) in [4.78, 5) is 11.5. The number of hydroxylamine groups is 1. The molecule has 0 aliphatic heterocycles. The molecule has 2 rings (SSSR count). The minimum atomic E-state index is -0.768. The summed E-state index contributed by atoms with van der Waals surface area (Å²) < 4.78 is 32.9. The fourth-order valence-electron chi connectivity index (χ4n) is 2.73. The molecule has 0 aromatic heterocycles. The number of methoxy groups -OCH3 is 1. The molecule has 0 aliphatic carbocycles. The molecular weight excluding hydrogens is 391 g/mol. The van der Waals surface area contributed by atoms with Gasteiger partial charge in [-0.3, -0.25) is 4.79 Å². The molecule has 134 valence electrons. The van der Waals surface area contributed by atoms with Crippen molar-refractivity contribution in [2.24, 2.45) is 0 Å². The van der Waals surface area contributed by atoms with Crippen molar-refractivity contribution >= 4 is 17.5 Å². The van der Waals surface area contributed by atoms with Gasteiger partial charge in [0.05, 0.1) is 12.5 Å². The topological polar surface area (TPSA) is 61.4 Å². The van der Waals surface area contributed by atoms with Crippen LogP contribution in [0.4, 0.5) is 8.78 Å².